The van der Waals surface area contributed by atoms with Crippen molar-refractivity contribution in [3.05, 3.63) is 125 Å². The van der Waals surface area contributed by atoms with E-state index in [-0.39, 0.29) is 34.6 Å². The van der Waals surface area contributed by atoms with Gasteiger partial charge in [0, 0.05) is 33.6 Å². The van der Waals surface area contributed by atoms with Gasteiger partial charge in [0.05, 0.1) is 42.2 Å². The average molecular weight is 902 g/mol. The third kappa shape index (κ3) is 10.1. The highest BCUT2D eigenvalue weighted by atomic mass is 32.2. The molecule has 0 saturated heterocycles. The van der Waals surface area contributed by atoms with E-state index in [4.69, 9.17) is 9.47 Å². The van der Waals surface area contributed by atoms with Gasteiger partial charge >= 0.3 is 0 Å². The highest BCUT2D eigenvalue weighted by Gasteiger charge is 2.23. The zero-order valence-corrected chi connectivity index (χ0v) is 37.2. The summed E-state index contributed by atoms with van der Waals surface area (Å²) in [5, 5.41) is 41.8. The number of anilines is 2. The van der Waals surface area contributed by atoms with E-state index in [0.29, 0.717) is 51.4 Å². The van der Waals surface area contributed by atoms with Crippen molar-refractivity contribution in [2.24, 2.45) is 30.7 Å². The minimum atomic E-state index is -4.90. The van der Waals surface area contributed by atoms with Crippen molar-refractivity contribution in [3.8, 4) is 17.2 Å². The number of phenolic OH excluding ortho intramolecular Hbond substituents is 1. The molecule has 7 aromatic rings. The first-order chi connectivity index (χ1) is 30.4. The molecule has 18 heteroatoms. The topological polar surface area (TPSA) is 234 Å². The Balaban J connectivity index is 1.09. The van der Waals surface area contributed by atoms with Gasteiger partial charge in [-0.2, -0.15) is 42.4 Å². The van der Waals surface area contributed by atoms with Crippen molar-refractivity contribution in [2.75, 3.05) is 19.0 Å². The molecule has 0 aliphatic rings. The predicted molar refractivity (Wildman–Crippen MR) is 246 cm³/mol. The first kappa shape index (κ1) is 44.9. The summed E-state index contributed by atoms with van der Waals surface area (Å²) in [6.45, 7) is 9.34. The molecule has 7 rings (SSSR count). The molecule has 0 aliphatic carbocycles. The van der Waals surface area contributed by atoms with Crippen molar-refractivity contribution in [2.45, 2.75) is 50.8 Å². The summed E-state index contributed by atoms with van der Waals surface area (Å²) < 4.78 is 80.7. The van der Waals surface area contributed by atoms with E-state index in [9.17, 15) is 31.0 Å². The fourth-order valence-corrected chi connectivity index (χ4v) is 8.20. The molecular formula is C46H43N7O9S2. The van der Waals surface area contributed by atoms with Gasteiger partial charge < -0.3 is 19.9 Å². The second-order valence-corrected chi connectivity index (χ2v) is 17.7. The Kier molecular flexibility index (Phi) is 12.8. The summed E-state index contributed by atoms with van der Waals surface area (Å²) in [6.07, 6.45) is 0.574. The number of rotatable bonds is 14. The molecule has 0 unspecified atom stereocenters. The summed E-state index contributed by atoms with van der Waals surface area (Å²) >= 11 is 0. The Morgan fingerprint density at radius 2 is 1.03 bits per heavy atom. The van der Waals surface area contributed by atoms with E-state index in [2.05, 4.69) is 36.0 Å². The van der Waals surface area contributed by atoms with E-state index >= 15 is 0 Å². The Morgan fingerprint density at radius 3 is 1.56 bits per heavy atom. The Labute approximate surface area is 369 Å². The van der Waals surface area contributed by atoms with Crippen molar-refractivity contribution in [1.82, 2.24) is 0 Å². The van der Waals surface area contributed by atoms with Crippen LogP contribution in [0.3, 0.4) is 0 Å². The number of aromatic hydroxyl groups is 1. The SMILES string of the molecule is CCCOc1cc(S(=O)(=O)O)c2cc(N=Nc3cc(C)c(N=Nc4cc(C)c(N=Nc5ccc6cc(Nc7ccc(OC)cc7)ccc6c5O)cc4C)cc3C)cc(S(=O)(=O)O)c2c1. The van der Waals surface area contributed by atoms with Crippen LogP contribution in [0.1, 0.15) is 35.6 Å². The Bertz CT molecular complexity index is 3280. The normalized spacial score (nSPS) is 12.3. The van der Waals surface area contributed by atoms with E-state index in [1.165, 1.54) is 12.1 Å². The largest absolute Gasteiger partial charge is 0.505 e. The zero-order valence-electron chi connectivity index (χ0n) is 35.5. The monoisotopic (exact) mass is 901 g/mol. The maximum Gasteiger partial charge on any atom is 0.295 e. The van der Waals surface area contributed by atoms with Crippen LogP contribution in [0.4, 0.5) is 45.5 Å². The third-order valence-corrected chi connectivity index (χ3v) is 11.9. The van der Waals surface area contributed by atoms with E-state index in [1.54, 1.807) is 39.2 Å². The van der Waals surface area contributed by atoms with Crippen LogP contribution < -0.4 is 14.8 Å². The molecule has 0 aromatic heterocycles. The van der Waals surface area contributed by atoms with Crippen LogP contribution in [-0.4, -0.2) is 44.8 Å². The van der Waals surface area contributed by atoms with Crippen molar-refractivity contribution in [1.29, 1.82) is 0 Å². The quantitative estimate of drug-likeness (QED) is 0.0595. The van der Waals surface area contributed by atoms with Gasteiger partial charge in [0.1, 0.15) is 27.0 Å². The van der Waals surface area contributed by atoms with Gasteiger partial charge in [0.2, 0.25) is 0 Å². The number of hydrogen-bond acceptors (Lipinski definition) is 14. The van der Waals surface area contributed by atoms with Crippen LogP contribution in [0.15, 0.2) is 144 Å². The van der Waals surface area contributed by atoms with E-state index in [1.807, 2.05) is 81.4 Å². The third-order valence-electron chi connectivity index (χ3n) is 10.2. The van der Waals surface area contributed by atoms with Crippen molar-refractivity contribution in [3.63, 3.8) is 0 Å². The molecule has 7 aromatic carbocycles. The fourth-order valence-electron chi connectivity index (χ4n) is 6.77. The van der Waals surface area contributed by atoms with Gasteiger partial charge in [-0.05, 0) is 153 Å². The molecular weight excluding hydrogens is 859 g/mol. The highest BCUT2D eigenvalue weighted by molar-refractivity contribution is 7.86. The van der Waals surface area contributed by atoms with Crippen molar-refractivity contribution >= 4 is 87.3 Å². The maximum absolute atomic E-state index is 12.5. The number of phenols is 1. The molecule has 328 valence electrons. The van der Waals surface area contributed by atoms with Gasteiger partial charge in [-0.3, -0.25) is 9.11 Å². The maximum atomic E-state index is 12.5. The minimum Gasteiger partial charge on any atom is -0.505 e. The molecule has 0 aliphatic heterocycles. The number of hydrogen-bond donors (Lipinski definition) is 4. The molecule has 0 saturated carbocycles. The smallest absolute Gasteiger partial charge is 0.295 e. The molecule has 0 radical (unpaired) electrons. The number of methoxy groups -OCH3 is 1. The minimum absolute atomic E-state index is 0.0107. The standard InChI is InChI=1S/C46H43N7O9S2/c1-7-16-62-35-24-38-37(45(25-35)64(58,59)60)22-33(23-44(38)63(55,56)57)48-50-40-17-27(3)42(18-26(40)2)52-53-43-20-28(4)41(19-29(43)5)51-49-39-15-8-30-21-32(11-14-36(30)46(39)54)47-31-9-12-34(61-6)13-10-31/h8-15,17-25,47,54H,7,16H2,1-6H3,(H,55,56,57)(H,58,59,60). The fraction of sp³-hybridized carbons (Fsp3) is 0.174. The number of azo groups is 3. The van der Waals surface area contributed by atoms with Crippen LogP contribution in [0, 0.1) is 27.7 Å². The first-order valence-corrected chi connectivity index (χ1v) is 22.6. The number of ether oxygens (including phenoxy) is 2. The molecule has 0 atom stereocenters. The summed E-state index contributed by atoms with van der Waals surface area (Å²) in [4.78, 5) is -1.27. The lowest BCUT2D eigenvalue weighted by Crippen LogP contribution is -2.05. The lowest BCUT2D eigenvalue weighted by molar-refractivity contribution is 0.317. The highest BCUT2D eigenvalue weighted by Crippen LogP contribution is 2.40. The molecule has 0 amide bonds. The van der Waals surface area contributed by atoms with Crippen LogP contribution >= 0.6 is 0 Å². The summed E-state index contributed by atoms with van der Waals surface area (Å²) in [5.74, 6) is 0.764. The Hall–Kier alpha value is -7.12. The summed E-state index contributed by atoms with van der Waals surface area (Å²) in [6, 6.07) is 28.6. The van der Waals surface area contributed by atoms with Crippen molar-refractivity contribution < 1.29 is 40.5 Å². The second-order valence-electron chi connectivity index (χ2n) is 14.9. The lowest BCUT2D eigenvalue weighted by Gasteiger charge is -2.12. The van der Waals surface area contributed by atoms with Gasteiger partial charge in [-0.25, -0.2) is 0 Å². The molecule has 0 spiro atoms. The summed E-state index contributed by atoms with van der Waals surface area (Å²) in [7, 11) is -8.16. The van der Waals surface area contributed by atoms with Crippen LogP contribution in [0.2, 0.25) is 0 Å². The molecule has 64 heavy (non-hydrogen) atoms. The van der Waals surface area contributed by atoms with Gasteiger partial charge in [0.15, 0.2) is 5.75 Å². The number of nitrogens with one attached hydrogen (secondary N) is 1. The summed E-state index contributed by atoms with van der Waals surface area (Å²) in [5.41, 5.74) is 6.98. The average Bonchev–Trinajstić information content (AvgIpc) is 3.25. The number of benzene rings is 7. The molecule has 0 heterocycles. The Morgan fingerprint density at radius 1 is 0.531 bits per heavy atom. The van der Waals surface area contributed by atoms with Crippen LogP contribution in [0.5, 0.6) is 17.2 Å². The zero-order chi connectivity index (χ0) is 45.9. The molecule has 16 nitrogen and oxygen atoms in total. The predicted octanol–water partition coefficient (Wildman–Crippen LogP) is 13.2. The van der Waals surface area contributed by atoms with Crippen LogP contribution in [-0.2, 0) is 20.2 Å². The lowest BCUT2D eigenvalue weighted by atomic mass is 10.1. The number of fused-ring (bicyclic) bond motifs is 2. The molecule has 4 N–H and O–H groups in total. The number of aryl methyl sites for hydroxylation is 4. The van der Waals surface area contributed by atoms with Gasteiger partial charge in [-0.15, -0.1) is 5.11 Å². The van der Waals surface area contributed by atoms with Gasteiger partial charge in [0.25, 0.3) is 20.2 Å². The number of nitrogens with zero attached hydrogens (tertiary/aromatic N) is 6. The second kappa shape index (κ2) is 18.3. The van der Waals surface area contributed by atoms with E-state index < -0.39 is 30.0 Å². The van der Waals surface area contributed by atoms with Gasteiger partial charge in [-0.1, -0.05) is 13.0 Å². The molecule has 0 bridgehead atoms. The first-order valence-electron chi connectivity index (χ1n) is 19.8. The van der Waals surface area contributed by atoms with Crippen LogP contribution in [0.25, 0.3) is 21.5 Å². The molecule has 0 fully saturated rings. The van der Waals surface area contributed by atoms with E-state index in [0.717, 1.165) is 45.8 Å².